The molecule has 3 fully saturated rings. The zero-order valence-electron chi connectivity index (χ0n) is 17.5. The van der Waals surface area contributed by atoms with Crippen LogP contribution in [0.1, 0.15) is 31.7 Å². The SMILES string of the molecule is CNC(=O)[C@H]1C2CCC(CC2)[C@@H]1n1cc(Cl)c2cnc(-c3c[nH]c4ncc(F)cc34)nc21. The molecule has 2 N–H and O–H groups in total. The lowest BCUT2D eigenvalue weighted by atomic mass is 9.61. The molecule has 3 saturated carbocycles. The average Bonchev–Trinajstić information content (AvgIpc) is 3.39. The van der Waals surface area contributed by atoms with Crippen LogP contribution in [-0.4, -0.2) is 37.5 Å². The van der Waals surface area contributed by atoms with E-state index in [4.69, 9.17) is 16.6 Å². The Balaban J connectivity index is 1.52. The highest BCUT2D eigenvalue weighted by atomic mass is 35.5. The number of pyridine rings is 1. The number of carbonyl (C=O) groups is 1. The highest BCUT2D eigenvalue weighted by Gasteiger charge is 2.48. The van der Waals surface area contributed by atoms with Crippen LogP contribution in [-0.2, 0) is 4.79 Å². The minimum atomic E-state index is -0.419. The van der Waals surface area contributed by atoms with Crippen molar-refractivity contribution in [2.75, 3.05) is 7.05 Å². The van der Waals surface area contributed by atoms with Crippen LogP contribution in [0, 0.1) is 23.6 Å². The number of amides is 1. The van der Waals surface area contributed by atoms with Crippen LogP contribution in [0.25, 0.3) is 33.5 Å². The first-order valence-electron chi connectivity index (χ1n) is 10.9. The quantitative estimate of drug-likeness (QED) is 0.479. The van der Waals surface area contributed by atoms with Crippen LogP contribution in [0.5, 0.6) is 0 Å². The minimum absolute atomic E-state index is 0.00211. The molecule has 3 aliphatic rings. The van der Waals surface area contributed by atoms with Crippen molar-refractivity contribution in [2.24, 2.45) is 17.8 Å². The monoisotopic (exact) mass is 452 g/mol. The number of nitrogens with one attached hydrogen (secondary N) is 2. The first kappa shape index (κ1) is 19.7. The third kappa shape index (κ3) is 2.85. The third-order valence-corrected chi connectivity index (χ3v) is 7.61. The van der Waals surface area contributed by atoms with Crippen LogP contribution in [0.2, 0.25) is 5.02 Å². The lowest BCUT2D eigenvalue weighted by Crippen LogP contribution is -2.48. The van der Waals surface area contributed by atoms with E-state index in [9.17, 15) is 9.18 Å². The van der Waals surface area contributed by atoms with Crippen molar-refractivity contribution in [2.45, 2.75) is 31.7 Å². The Hall–Kier alpha value is -3.00. The molecule has 32 heavy (non-hydrogen) atoms. The zero-order valence-corrected chi connectivity index (χ0v) is 18.2. The summed E-state index contributed by atoms with van der Waals surface area (Å²) in [5, 5.41) is 4.80. The van der Waals surface area contributed by atoms with Gasteiger partial charge in [0.05, 0.1) is 22.5 Å². The number of halogens is 2. The van der Waals surface area contributed by atoms with E-state index in [1.807, 2.05) is 6.20 Å². The summed E-state index contributed by atoms with van der Waals surface area (Å²) in [6.07, 6.45) is 10.9. The van der Waals surface area contributed by atoms with Gasteiger partial charge in [0.2, 0.25) is 5.91 Å². The maximum Gasteiger partial charge on any atom is 0.225 e. The van der Waals surface area contributed by atoms with Crippen molar-refractivity contribution in [3.05, 3.63) is 41.7 Å². The van der Waals surface area contributed by atoms with Gasteiger partial charge in [-0.3, -0.25) is 4.79 Å². The van der Waals surface area contributed by atoms with Crippen LogP contribution < -0.4 is 5.32 Å². The summed E-state index contributed by atoms with van der Waals surface area (Å²) in [4.78, 5) is 29.4. The van der Waals surface area contributed by atoms with Crippen molar-refractivity contribution in [3.8, 4) is 11.4 Å². The Kier molecular flexibility index (Phi) is 4.47. The molecule has 4 heterocycles. The predicted octanol–water partition coefficient (Wildman–Crippen LogP) is 4.49. The number of aromatic amines is 1. The Labute approximate surface area is 188 Å². The average molecular weight is 453 g/mol. The fourth-order valence-electron chi connectivity index (χ4n) is 5.86. The van der Waals surface area contributed by atoms with E-state index in [0.717, 1.165) is 31.1 Å². The fraction of sp³-hybridized carbons (Fsp3) is 0.391. The van der Waals surface area contributed by atoms with Crippen LogP contribution in [0.4, 0.5) is 4.39 Å². The van der Waals surface area contributed by atoms with Gasteiger partial charge in [-0.2, -0.15) is 0 Å². The number of aromatic nitrogens is 5. The number of H-pyrrole nitrogens is 1. The molecule has 4 aromatic rings. The second-order valence-electron chi connectivity index (χ2n) is 8.87. The molecular weight excluding hydrogens is 431 g/mol. The number of rotatable bonds is 3. The molecule has 2 bridgehead atoms. The molecule has 3 aliphatic carbocycles. The Bertz CT molecular complexity index is 1360. The molecule has 0 saturated heterocycles. The molecule has 4 aromatic heterocycles. The Morgan fingerprint density at radius 2 is 1.97 bits per heavy atom. The van der Waals surface area contributed by atoms with Crippen molar-refractivity contribution in [1.82, 2.24) is 29.8 Å². The maximum atomic E-state index is 13.8. The zero-order chi connectivity index (χ0) is 22.0. The molecule has 7 rings (SSSR count). The highest BCUT2D eigenvalue weighted by Crippen LogP contribution is 2.52. The first-order valence-corrected chi connectivity index (χ1v) is 11.3. The van der Waals surface area contributed by atoms with Gasteiger partial charge in [-0.25, -0.2) is 19.3 Å². The molecular formula is C23H22ClFN6O. The number of hydrogen-bond acceptors (Lipinski definition) is 4. The van der Waals surface area contributed by atoms with Gasteiger partial charge in [0.25, 0.3) is 0 Å². The summed E-state index contributed by atoms with van der Waals surface area (Å²) in [6, 6.07) is 1.43. The fourth-order valence-corrected chi connectivity index (χ4v) is 6.10. The van der Waals surface area contributed by atoms with E-state index >= 15 is 0 Å². The summed E-state index contributed by atoms with van der Waals surface area (Å²) in [6.45, 7) is 0. The molecule has 0 spiro atoms. The van der Waals surface area contributed by atoms with Crippen LogP contribution in [0.15, 0.2) is 30.9 Å². The topological polar surface area (TPSA) is 88.5 Å². The smallest absolute Gasteiger partial charge is 0.225 e. The van der Waals surface area contributed by atoms with E-state index in [0.29, 0.717) is 44.9 Å². The lowest BCUT2D eigenvalue weighted by Gasteiger charge is -2.48. The Morgan fingerprint density at radius 3 is 2.75 bits per heavy atom. The second-order valence-corrected chi connectivity index (χ2v) is 9.28. The van der Waals surface area contributed by atoms with Gasteiger partial charge in [0.15, 0.2) is 5.82 Å². The van der Waals surface area contributed by atoms with E-state index in [2.05, 4.69) is 24.8 Å². The minimum Gasteiger partial charge on any atom is -0.359 e. The summed E-state index contributed by atoms with van der Waals surface area (Å²) >= 11 is 6.59. The van der Waals surface area contributed by atoms with Crippen molar-refractivity contribution < 1.29 is 9.18 Å². The number of nitrogens with zero attached hydrogens (tertiary/aromatic N) is 4. The molecule has 164 valence electrons. The molecule has 0 aromatic carbocycles. The van der Waals surface area contributed by atoms with Crippen molar-refractivity contribution >= 4 is 39.6 Å². The van der Waals surface area contributed by atoms with Gasteiger partial charge in [0, 0.05) is 42.6 Å². The van der Waals surface area contributed by atoms with Crippen molar-refractivity contribution in [1.29, 1.82) is 0 Å². The second kappa shape index (κ2) is 7.27. The molecule has 0 radical (unpaired) electrons. The predicted molar refractivity (Wildman–Crippen MR) is 120 cm³/mol. The highest BCUT2D eigenvalue weighted by molar-refractivity contribution is 6.35. The van der Waals surface area contributed by atoms with Crippen LogP contribution >= 0.6 is 11.6 Å². The normalized spacial score (nSPS) is 25.0. The van der Waals surface area contributed by atoms with E-state index in [1.54, 1.807) is 19.4 Å². The van der Waals surface area contributed by atoms with Gasteiger partial charge in [0.1, 0.15) is 17.1 Å². The summed E-state index contributed by atoms with van der Waals surface area (Å²) in [5.74, 6) is 0.782. The first-order chi connectivity index (χ1) is 15.5. The van der Waals surface area contributed by atoms with Gasteiger partial charge in [-0.1, -0.05) is 11.6 Å². The van der Waals surface area contributed by atoms with Gasteiger partial charge < -0.3 is 14.9 Å². The maximum absolute atomic E-state index is 13.8. The summed E-state index contributed by atoms with van der Waals surface area (Å²) in [5.41, 5.74) is 1.94. The molecule has 1 amide bonds. The number of carbonyl (C=O) groups excluding carboxylic acids is 1. The van der Waals surface area contributed by atoms with Crippen LogP contribution in [0.3, 0.4) is 0 Å². The van der Waals surface area contributed by atoms with E-state index in [-0.39, 0.29) is 17.9 Å². The van der Waals surface area contributed by atoms with Gasteiger partial charge >= 0.3 is 0 Å². The third-order valence-electron chi connectivity index (χ3n) is 7.31. The molecule has 0 unspecified atom stereocenters. The molecule has 2 atom stereocenters. The standard InChI is InChI=1S/C23H22ClFN6O/c1-26-23(32)18-11-2-4-12(5-3-11)19(18)31-10-17(24)16-9-29-21(30-22(16)31)15-8-28-20-14(15)6-13(25)7-27-20/h6-12,18-19H,2-5H2,1H3,(H,26,32)(H,27,28)/t11?,12?,18-,19-/m0/s1. The molecule has 0 aliphatic heterocycles. The largest absolute Gasteiger partial charge is 0.359 e. The Morgan fingerprint density at radius 1 is 1.19 bits per heavy atom. The number of hydrogen-bond donors (Lipinski definition) is 2. The summed E-state index contributed by atoms with van der Waals surface area (Å²) < 4.78 is 15.9. The van der Waals surface area contributed by atoms with Gasteiger partial charge in [-0.05, 0) is 43.6 Å². The van der Waals surface area contributed by atoms with Gasteiger partial charge in [-0.15, -0.1) is 0 Å². The molecule has 9 heteroatoms. The summed E-state index contributed by atoms with van der Waals surface area (Å²) in [7, 11) is 1.70. The van der Waals surface area contributed by atoms with Crippen molar-refractivity contribution in [3.63, 3.8) is 0 Å². The van der Waals surface area contributed by atoms with E-state index in [1.165, 1.54) is 12.3 Å². The lowest BCUT2D eigenvalue weighted by molar-refractivity contribution is -0.133. The van der Waals surface area contributed by atoms with E-state index < -0.39 is 5.82 Å². The number of fused-ring (bicyclic) bond motifs is 5. The molecule has 7 nitrogen and oxygen atoms in total.